The third-order valence-corrected chi connectivity index (χ3v) is 4.06. The molecule has 1 aromatic carbocycles. The lowest BCUT2D eigenvalue weighted by Crippen LogP contribution is -2.02. The van der Waals surface area contributed by atoms with E-state index in [1.165, 1.54) is 11.1 Å². The molecule has 1 heterocycles. The smallest absolute Gasteiger partial charge is 0.214 e. The molecule has 2 aromatic rings. The maximum Gasteiger partial charge on any atom is 0.214 e. The van der Waals surface area contributed by atoms with Crippen molar-refractivity contribution >= 4 is 11.8 Å². The van der Waals surface area contributed by atoms with E-state index in [4.69, 9.17) is 5.11 Å². The minimum Gasteiger partial charge on any atom is -0.396 e. The third kappa shape index (κ3) is 3.80. The Hall–Kier alpha value is -1.40. The van der Waals surface area contributed by atoms with E-state index in [1.54, 1.807) is 16.4 Å². The molecule has 0 aliphatic rings. The van der Waals surface area contributed by atoms with Gasteiger partial charge >= 0.3 is 0 Å². The number of aromatic nitrogens is 4. The molecule has 0 radical (unpaired) electrons. The molecule has 0 atom stereocenters. The van der Waals surface area contributed by atoms with Crippen LogP contribution in [0.1, 0.15) is 30.4 Å². The van der Waals surface area contributed by atoms with Crippen LogP contribution in [-0.4, -0.2) is 37.7 Å². The fraction of sp³-hybridized carbons (Fsp3) is 0.500. The van der Waals surface area contributed by atoms with Gasteiger partial charge in [-0.05, 0) is 48.7 Å². The number of benzene rings is 1. The summed E-state index contributed by atoms with van der Waals surface area (Å²) in [6.07, 6.45) is 2.96. The van der Waals surface area contributed by atoms with Crippen LogP contribution < -0.4 is 0 Å². The summed E-state index contributed by atoms with van der Waals surface area (Å²) in [7, 11) is 0. The van der Waals surface area contributed by atoms with Gasteiger partial charge in [0.15, 0.2) is 0 Å². The molecule has 0 aliphatic heterocycles. The Morgan fingerprint density at radius 1 is 1.20 bits per heavy atom. The molecule has 0 amide bonds. The van der Waals surface area contributed by atoms with Gasteiger partial charge in [-0.15, -0.1) is 5.10 Å². The highest BCUT2D eigenvalue weighted by Crippen LogP contribution is 2.22. The van der Waals surface area contributed by atoms with E-state index in [0.717, 1.165) is 35.9 Å². The Kier molecular flexibility index (Phi) is 5.55. The first-order valence-electron chi connectivity index (χ1n) is 6.82. The van der Waals surface area contributed by atoms with Crippen LogP contribution >= 0.6 is 11.8 Å². The first kappa shape index (κ1) is 15.0. The molecule has 1 N–H and O–H groups in total. The zero-order valence-corrected chi connectivity index (χ0v) is 12.7. The lowest BCUT2D eigenvalue weighted by molar-refractivity contribution is 0.284. The SMILES string of the molecule is Cc1ccc(-n2nnnc2SCCCCCO)c(C)c1. The summed E-state index contributed by atoms with van der Waals surface area (Å²) < 4.78 is 1.80. The average Bonchev–Trinajstić information content (AvgIpc) is 2.87. The van der Waals surface area contributed by atoms with Crippen molar-refractivity contribution in [3.8, 4) is 5.69 Å². The van der Waals surface area contributed by atoms with Crippen molar-refractivity contribution in [2.24, 2.45) is 0 Å². The van der Waals surface area contributed by atoms with E-state index < -0.39 is 0 Å². The van der Waals surface area contributed by atoms with Gasteiger partial charge in [0.2, 0.25) is 5.16 Å². The van der Waals surface area contributed by atoms with Crippen LogP contribution in [0.2, 0.25) is 0 Å². The third-order valence-electron chi connectivity index (χ3n) is 3.05. The molecule has 108 valence electrons. The second kappa shape index (κ2) is 7.40. The Bertz CT molecular complexity index is 556. The number of thioether (sulfide) groups is 1. The van der Waals surface area contributed by atoms with Gasteiger partial charge < -0.3 is 5.11 Å². The molecular weight excluding hydrogens is 272 g/mol. The zero-order chi connectivity index (χ0) is 14.4. The van der Waals surface area contributed by atoms with Gasteiger partial charge in [-0.3, -0.25) is 0 Å². The summed E-state index contributed by atoms with van der Waals surface area (Å²) in [5.41, 5.74) is 3.43. The number of nitrogens with zero attached hydrogens (tertiary/aromatic N) is 4. The monoisotopic (exact) mass is 292 g/mol. The highest BCUT2D eigenvalue weighted by Gasteiger charge is 2.10. The summed E-state index contributed by atoms with van der Waals surface area (Å²) in [4.78, 5) is 0. The maximum absolute atomic E-state index is 8.75. The number of aliphatic hydroxyl groups is 1. The Morgan fingerprint density at radius 2 is 2.05 bits per heavy atom. The van der Waals surface area contributed by atoms with Gasteiger partial charge in [-0.1, -0.05) is 35.9 Å². The molecule has 0 saturated heterocycles. The topological polar surface area (TPSA) is 63.8 Å². The molecule has 5 nitrogen and oxygen atoms in total. The van der Waals surface area contributed by atoms with E-state index in [9.17, 15) is 0 Å². The van der Waals surface area contributed by atoms with Crippen LogP contribution in [0.5, 0.6) is 0 Å². The highest BCUT2D eigenvalue weighted by molar-refractivity contribution is 7.99. The lowest BCUT2D eigenvalue weighted by atomic mass is 10.1. The standard InChI is InChI=1S/C14H20N4OS/c1-11-6-7-13(12(2)10-11)18-14(15-16-17-18)20-9-5-3-4-8-19/h6-7,10,19H,3-5,8-9H2,1-2H3. The van der Waals surface area contributed by atoms with E-state index >= 15 is 0 Å². The largest absolute Gasteiger partial charge is 0.396 e. The maximum atomic E-state index is 8.75. The van der Waals surface area contributed by atoms with Gasteiger partial charge in [0.25, 0.3) is 0 Å². The number of hydrogen-bond donors (Lipinski definition) is 1. The van der Waals surface area contributed by atoms with E-state index in [0.29, 0.717) is 0 Å². The van der Waals surface area contributed by atoms with Crippen LogP contribution in [0, 0.1) is 13.8 Å². The van der Waals surface area contributed by atoms with Crippen molar-refractivity contribution in [2.45, 2.75) is 38.3 Å². The van der Waals surface area contributed by atoms with Gasteiger partial charge in [-0.2, -0.15) is 4.68 Å². The van der Waals surface area contributed by atoms with E-state index in [2.05, 4.69) is 47.6 Å². The second-order valence-corrected chi connectivity index (χ2v) is 5.86. The molecule has 2 rings (SSSR count). The molecular formula is C14H20N4OS. The van der Waals surface area contributed by atoms with Gasteiger partial charge in [-0.25, -0.2) is 0 Å². The number of unbranched alkanes of at least 4 members (excludes halogenated alkanes) is 2. The van der Waals surface area contributed by atoms with Crippen molar-refractivity contribution in [1.82, 2.24) is 20.2 Å². The fourth-order valence-corrected chi connectivity index (χ4v) is 2.90. The summed E-state index contributed by atoms with van der Waals surface area (Å²) in [5, 5.41) is 21.5. The molecule has 1 aromatic heterocycles. The number of aliphatic hydroxyl groups excluding tert-OH is 1. The minimum atomic E-state index is 0.269. The Labute approximate surface area is 123 Å². The zero-order valence-electron chi connectivity index (χ0n) is 11.9. The van der Waals surface area contributed by atoms with Crippen molar-refractivity contribution in [3.05, 3.63) is 29.3 Å². The van der Waals surface area contributed by atoms with Crippen LogP contribution in [0.15, 0.2) is 23.4 Å². The Balaban J connectivity index is 2.04. The molecule has 0 aliphatic carbocycles. The highest BCUT2D eigenvalue weighted by atomic mass is 32.2. The first-order valence-corrected chi connectivity index (χ1v) is 7.80. The van der Waals surface area contributed by atoms with Crippen molar-refractivity contribution in [1.29, 1.82) is 0 Å². The van der Waals surface area contributed by atoms with Gasteiger partial charge in [0.1, 0.15) is 0 Å². The Morgan fingerprint density at radius 3 is 2.80 bits per heavy atom. The average molecular weight is 292 g/mol. The molecule has 6 heteroatoms. The van der Waals surface area contributed by atoms with Crippen molar-refractivity contribution in [3.63, 3.8) is 0 Å². The molecule has 0 bridgehead atoms. The van der Waals surface area contributed by atoms with E-state index in [-0.39, 0.29) is 6.61 Å². The fourth-order valence-electron chi connectivity index (χ4n) is 2.02. The van der Waals surface area contributed by atoms with E-state index in [1.807, 2.05) is 0 Å². The predicted octanol–water partition coefficient (Wildman–Crippen LogP) is 2.53. The summed E-state index contributed by atoms with van der Waals surface area (Å²) in [6, 6.07) is 6.25. The lowest BCUT2D eigenvalue weighted by Gasteiger charge is -2.08. The molecule has 0 fully saturated rings. The predicted molar refractivity (Wildman–Crippen MR) is 80.3 cm³/mol. The summed E-state index contributed by atoms with van der Waals surface area (Å²) in [6.45, 7) is 4.41. The van der Waals surface area contributed by atoms with Gasteiger partial charge in [0.05, 0.1) is 5.69 Å². The molecule has 0 saturated carbocycles. The van der Waals surface area contributed by atoms with Crippen LogP contribution in [0.3, 0.4) is 0 Å². The molecule has 20 heavy (non-hydrogen) atoms. The molecule has 0 spiro atoms. The number of aryl methyl sites for hydroxylation is 2. The van der Waals surface area contributed by atoms with Gasteiger partial charge in [0, 0.05) is 12.4 Å². The quantitative estimate of drug-likeness (QED) is 0.627. The first-order chi connectivity index (χ1) is 9.72. The van der Waals surface area contributed by atoms with Crippen molar-refractivity contribution in [2.75, 3.05) is 12.4 Å². The number of hydrogen-bond acceptors (Lipinski definition) is 5. The van der Waals surface area contributed by atoms with Crippen LogP contribution in [0.25, 0.3) is 5.69 Å². The summed E-state index contributed by atoms with van der Waals surface area (Å²) >= 11 is 1.66. The number of rotatable bonds is 7. The van der Waals surface area contributed by atoms with Crippen LogP contribution in [0.4, 0.5) is 0 Å². The minimum absolute atomic E-state index is 0.269. The van der Waals surface area contributed by atoms with Crippen molar-refractivity contribution < 1.29 is 5.11 Å². The molecule has 0 unspecified atom stereocenters. The normalized spacial score (nSPS) is 10.9. The second-order valence-electron chi connectivity index (χ2n) is 4.80. The van der Waals surface area contributed by atoms with Crippen LogP contribution in [-0.2, 0) is 0 Å². The summed E-state index contributed by atoms with van der Waals surface area (Å²) in [5.74, 6) is 0.964. The number of tetrazole rings is 1.